The summed E-state index contributed by atoms with van der Waals surface area (Å²) in [5.41, 5.74) is 2.39. The quantitative estimate of drug-likeness (QED) is 0.452. The zero-order valence-corrected chi connectivity index (χ0v) is 19.7. The number of carbonyl (C=O) groups is 1. The largest absolute Gasteiger partial charge is 0.474 e. The van der Waals surface area contributed by atoms with Gasteiger partial charge in [-0.1, -0.05) is 30.3 Å². The standard InChI is InChI=1S/C27H24F2N2O3S/c28-22-5-3-19(4-6-22)20-1-2-21(25(29)14-20)15-27(32)31(23-10-12-35(33)17-23)16-18-9-11-30-26(13-18)34-24-7-8-24/h1-6,9-14,23-24H,7-8,15-17H2. The van der Waals surface area contributed by atoms with E-state index in [4.69, 9.17) is 4.74 Å². The van der Waals surface area contributed by atoms with Crippen LogP contribution < -0.4 is 4.74 Å². The van der Waals surface area contributed by atoms with E-state index in [0.29, 0.717) is 22.8 Å². The van der Waals surface area contributed by atoms with Crippen LogP contribution in [0.3, 0.4) is 0 Å². The molecule has 0 bridgehead atoms. The summed E-state index contributed by atoms with van der Waals surface area (Å²) in [6, 6.07) is 13.8. The second-order valence-corrected chi connectivity index (χ2v) is 10.1. The van der Waals surface area contributed by atoms with Crippen LogP contribution in [0.25, 0.3) is 11.1 Å². The molecule has 5 rings (SSSR count). The fraction of sp³-hybridized carbons (Fsp3) is 0.259. The Balaban J connectivity index is 1.34. The number of benzene rings is 2. The van der Waals surface area contributed by atoms with Gasteiger partial charge in [-0.15, -0.1) is 0 Å². The maximum atomic E-state index is 15.0. The molecular formula is C27H24F2N2O3S. The van der Waals surface area contributed by atoms with Gasteiger partial charge in [-0.2, -0.15) is 0 Å². The predicted molar refractivity (Wildman–Crippen MR) is 130 cm³/mol. The van der Waals surface area contributed by atoms with Gasteiger partial charge >= 0.3 is 0 Å². The first kappa shape index (κ1) is 23.4. The van der Waals surface area contributed by atoms with Gasteiger partial charge in [-0.05, 0) is 59.4 Å². The maximum absolute atomic E-state index is 15.0. The minimum Gasteiger partial charge on any atom is -0.474 e. The minimum absolute atomic E-state index is 0.136. The third-order valence-electron chi connectivity index (χ3n) is 6.04. The highest BCUT2D eigenvalue weighted by atomic mass is 32.2. The van der Waals surface area contributed by atoms with Crippen molar-refractivity contribution >= 4 is 16.7 Å². The summed E-state index contributed by atoms with van der Waals surface area (Å²) < 4.78 is 45.9. The number of aromatic nitrogens is 1. The normalized spacial score (nSPS) is 19.0. The van der Waals surface area contributed by atoms with Crippen molar-refractivity contribution in [2.75, 3.05) is 5.75 Å². The fourth-order valence-electron chi connectivity index (χ4n) is 3.99. The molecule has 180 valence electrons. The SMILES string of the molecule is O=C(Cc1ccc(-c2ccc(F)cc2)cc1F)N(Cc1ccnc(OC2CC2)c1)C1C=CS(=O)C1. The number of carbonyl (C=O) groups excluding carboxylic acids is 1. The van der Waals surface area contributed by atoms with Crippen molar-refractivity contribution in [3.63, 3.8) is 0 Å². The molecule has 0 N–H and O–H groups in total. The third-order valence-corrected chi connectivity index (χ3v) is 7.18. The lowest BCUT2D eigenvalue weighted by atomic mass is 10.0. The summed E-state index contributed by atoms with van der Waals surface area (Å²) in [7, 11) is -1.14. The van der Waals surface area contributed by atoms with Crippen molar-refractivity contribution in [3.8, 4) is 17.0 Å². The molecule has 2 unspecified atom stereocenters. The number of hydrogen-bond donors (Lipinski definition) is 0. The van der Waals surface area contributed by atoms with E-state index in [2.05, 4.69) is 4.98 Å². The Morgan fingerprint density at radius 1 is 1.06 bits per heavy atom. The van der Waals surface area contributed by atoms with Gasteiger partial charge in [0.1, 0.15) is 17.7 Å². The first-order valence-electron chi connectivity index (χ1n) is 11.5. The van der Waals surface area contributed by atoms with Crippen molar-refractivity contribution < 1.29 is 22.5 Å². The maximum Gasteiger partial charge on any atom is 0.227 e. The molecule has 35 heavy (non-hydrogen) atoms. The molecule has 3 aromatic rings. The number of pyridine rings is 1. The lowest BCUT2D eigenvalue weighted by molar-refractivity contribution is -0.132. The summed E-state index contributed by atoms with van der Waals surface area (Å²) in [5, 5.41) is 1.59. The molecule has 0 saturated heterocycles. The lowest BCUT2D eigenvalue weighted by Gasteiger charge is -2.28. The molecular weight excluding hydrogens is 470 g/mol. The van der Waals surface area contributed by atoms with E-state index < -0.39 is 16.6 Å². The predicted octanol–water partition coefficient (Wildman–Crippen LogP) is 4.78. The molecule has 8 heteroatoms. The van der Waals surface area contributed by atoms with Crippen LogP contribution in [0, 0.1) is 11.6 Å². The van der Waals surface area contributed by atoms with E-state index in [9.17, 15) is 17.8 Å². The van der Waals surface area contributed by atoms with Gasteiger partial charge in [0.25, 0.3) is 0 Å². The first-order valence-corrected chi connectivity index (χ1v) is 12.8. The summed E-state index contributed by atoms with van der Waals surface area (Å²) in [4.78, 5) is 19.2. The van der Waals surface area contributed by atoms with E-state index >= 15 is 0 Å². The van der Waals surface area contributed by atoms with Gasteiger partial charge < -0.3 is 9.64 Å². The minimum atomic E-state index is -1.14. The molecule has 1 amide bonds. The van der Waals surface area contributed by atoms with E-state index in [1.54, 1.807) is 46.8 Å². The smallest absolute Gasteiger partial charge is 0.227 e. The monoisotopic (exact) mass is 494 g/mol. The number of ether oxygens (including phenoxy) is 1. The molecule has 2 aliphatic rings. The number of hydrogen-bond acceptors (Lipinski definition) is 4. The average molecular weight is 495 g/mol. The molecule has 1 aliphatic carbocycles. The molecule has 0 spiro atoms. The summed E-state index contributed by atoms with van der Waals surface area (Å²) >= 11 is 0. The van der Waals surface area contributed by atoms with E-state index in [1.807, 2.05) is 12.1 Å². The molecule has 1 aliphatic heterocycles. The summed E-state index contributed by atoms with van der Waals surface area (Å²) in [6.45, 7) is 0.268. The van der Waals surface area contributed by atoms with Gasteiger partial charge in [-0.3, -0.25) is 9.00 Å². The Labute approximate surface area is 204 Å². The van der Waals surface area contributed by atoms with E-state index in [0.717, 1.165) is 18.4 Å². The Hall–Kier alpha value is -3.39. The number of amides is 1. The second kappa shape index (κ2) is 10.1. The summed E-state index contributed by atoms with van der Waals surface area (Å²) in [5.74, 6) is -0.304. The molecule has 5 nitrogen and oxygen atoms in total. The van der Waals surface area contributed by atoms with Crippen LogP contribution in [-0.4, -0.2) is 37.9 Å². The Bertz CT molecular complexity index is 1290. The Morgan fingerprint density at radius 2 is 1.83 bits per heavy atom. The molecule has 2 heterocycles. The third kappa shape index (κ3) is 5.82. The van der Waals surface area contributed by atoms with Crippen LogP contribution in [0.5, 0.6) is 5.88 Å². The van der Waals surface area contributed by atoms with Crippen LogP contribution in [0.1, 0.15) is 24.0 Å². The van der Waals surface area contributed by atoms with Crippen molar-refractivity contribution in [2.45, 2.75) is 38.0 Å². The Morgan fingerprint density at radius 3 is 2.51 bits per heavy atom. The molecule has 1 saturated carbocycles. The highest BCUT2D eigenvalue weighted by Gasteiger charge is 2.28. The highest BCUT2D eigenvalue weighted by Crippen LogP contribution is 2.27. The van der Waals surface area contributed by atoms with Crippen LogP contribution >= 0.6 is 0 Å². The molecule has 1 fully saturated rings. The zero-order valence-electron chi connectivity index (χ0n) is 18.9. The average Bonchev–Trinajstić information content (AvgIpc) is 3.56. The topological polar surface area (TPSA) is 59.5 Å². The summed E-state index contributed by atoms with van der Waals surface area (Å²) in [6.07, 6.45) is 5.51. The van der Waals surface area contributed by atoms with Crippen molar-refractivity contribution in [1.82, 2.24) is 9.88 Å². The van der Waals surface area contributed by atoms with Gasteiger partial charge in [0, 0.05) is 35.0 Å². The number of halogens is 2. The molecule has 0 radical (unpaired) electrons. The van der Waals surface area contributed by atoms with Crippen LogP contribution in [0.2, 0.25) is 0 Å². The van der Waals surface area contributed by atoms with Crippen LogP contribution in [0.4, 0.5) is 8.78 Å². The van der Waals surface area contributed by atoms with Gasteiger partial charge in [-0.25, -0.2) is 13.8 Å². The fourth-order valence-corrected chi connectivity index (χ4v) is 5.08. The van der Waals surface area contributed by atoms with Crippen LogP contribution in [0.15, 0.2) is 72.3 Å². The highest BCUT2D eigenvalue weighted by molar-refractivity contribution is 7.88. The van der Waals surface area contributed by atoms with E-state index in [-0.39, 0.29) is 42.4 Å². The molecule has 2 atom stereocenters. The van der Waals surface area contributed by atoms with Gasteiger partial charge in [0.2, 0.25) is 11.8 Å². The van der Waals surface area contributed by atoms with Crippen molar-refractivity contribution in [1.29, 1.82) is 0 Å². The lowest BCUT2D eigenvalue weighted by Crippen LogP contribution is -2.41. The number of rotatable bonds is 8. The van der Waals surface area contributed by atoms with Gasteiger partial charge in [0.15, 0.2) is 0 Å². The zero-order chi connectivity index (χ0) is 24.4. The molecule has 1 aromatic heterocycles. The van der Waals surface area contributed by atoms with Crippen molar-refractivity contribution in [2.24, 2.45) is 0 Å². The second-order valence-electron chi connectivity index (χ2n) is 8.77. The van der Waals surface area contributed by atoms with Crippen LogP contribution in [-0.2, 0) is 28.6 Å². The first-order chi connectivity index (χ1) is 16.9. The van der Waals surface area contributed by atoms with Crippen molar-refractivity contribution in [3.05, 3.63) is 95.0 Å². The van der Waals surface area contributed by atoms with E-state index in [1.165, 1.54) is 18.2 Å². The molecule has 2 aromatic carbocycles. The number of nitrogens with zero attached hydrogens (tertiary/aromatic N) is 2. The Kier molecular flexibility index (Phi) is 6.72. The van der Waals surface area contributed by atoms with Gasteiger partial charge in [0.05, 0.1) is 18.2 Å².